The summed E-state index contributed by atoms with van der Waals surface area (Å²) in [6, 6.07) is 7.77. The lowest BCUT2D eigenvalue weighted by atomic mass is 10.00. The molecule has 4 N–H and O–H groups in total. The van der Waals surface area contributed by atoms with Crippen LogP contribution in [0.15, 0.2) is 24.3 Å². The van der Waals surface area contributed by atoms with Crippen molar-refractivity contribution in [2.24, 2.45) is 11.7 Å². The Morgan fingerprint density at radius 3 is 2.63 bits per heavy atom. The van der Waals surface area contributed by atoms with Gasteiger partial charge in [-0.2, -0.15) is 0 Å². The standard InChI is InChI=1S/C15H22N2O2/c16-14-3-1-2-12(14)10-15(19)17-13-6-4-11(5-7-13)8-9-18/h4-7,12,14,18H,1-3,8-10,16H2,(H,17,19)/t12-,14+/m0/s1. The Morgan fingerprint density at radius 2 is 2.05 bits per heavy atom. The molecule has 1 aliphatic rings. The number of carbonyl (C=O) groups is 1. The van der Waals surface area contributed by atoms with E-state index in [1.54, 1.807) is 0 Å². The summed E-state index contributed by atoms with van der Waals surface area (Å²) >= 11 is 0. The molecule has 0 heterocycles. The maximum absolute atomic E-state index is 11.9. The number of aliphatic hydroxyl groups is 1. The van der Waals surface area contributed by atoms with Crippen LogP contribution in [0.2, 0.25) is 0 Å². The molecule has 2 rings (SSSR count). The Balaban J connectivity index is 1.84. The van der Waals surface area contributed by atoms with Crippen LogP contribution in [-0.2, 0) is 11.2 Å². The van der Waals surface area contributed by atoms with Gasteiger partial charge in [0.05, 0.1) is 0 Å². The van der Waals surface area contributed by atoms with E-state index in [0.717, 1.165) is 30.5 Å². The van der Waals surface area contributed by atoms with Crippen molar-refractivity contribution < 1.29 is 9.90 Å². The molecule has 0 spiro atoms. The van der Waals surface area contributed by atoms with Crippen molar-refractivity contribution >= 4 is 11.6 Å². The molecule has 0 radical (unpaired) electrons. The van der Waals surface area contributed by atoms with E-state index in [-0.39, 0.29) is 18.6 Å². The van der Waals surface area contributed by atoms with E-state index in [0.29, 0.717) is 18.8 Å². The van der Waals surface area contributed by atoms with Gasteiger partial charge in [-0.1, -0.05) is 18.6 Å². The van der Waals surface area contributed by atoms with Crippen LogP contribution in [0.4, 0.5) is 5.69 Å². The Labute approximate surface area is 114 Å². The van der Waals surface area contributed by atoms with Gasteiger partial charge in [0.2, 0.25) is 5.91 Å². The number of hydrogen-bond donors (Lipinski definition) is 3. The summed E-state index contributed by atoms with van der Waals surface area (Å²) in [6.07, 6.45) is 4.39. The quantitative estimate of drug-likeness (QED) is 0.755. The van der Waals surface area contributed by atoms with Gasteiger partial charge in [-0.15, -0.1) is 0 Å². The van der Waals surface area contributed by atoms with Crippen LogP contribution in [0.3, 0.4) is 0 Å². The molecule has 0 bridgehead atoms. The van der Waals surface area contributed by atoms with Gasteiger partial charge in [0.25, 0.3) is 0 Å². The van der Waals surface area contributed by atoms with Gasteiger partial charge in [-0.25, -0.2) is 0 Å². The summed E-state index contributed by atoms with van der Waals surface area (Å²) in [4.78, 5) is 11.9. The van der Waals surface area contributed by atoms with Gasteiger partial charge in [-0.3, -0.25) is 4.79 Å². The first-order valence-electron chi connectivity index (χ1n) is 6.94. The normalized spacial score (nSPS) is 22.4. The van der Waals surface area contributed by atoms with E-state index in [4.69, 9.17) is 10.8 Å². The highest BCUT2D eigenvalue weighted by molar-refractivity contribution is 5.90. The molecule has 104 valence electrons. The summed E-state index contributed by atoms with van der Waals surface area (Å²) < 4.78 is 0. The van der Waals surface area contributed by atoms with E-state index in [9.17, 15) is 4.79 Å². The van der Waals surface area contributed by atoms with Gasteiger partial charge in [0.1, 0.15) is 0 Å². The first-order chi connectivity index (χ1) is 9.19. The van der Waals surface area contributed by atoms with Crippen LogP contribution in [-0.4, -0.2) is 23.7 Å². The van der Waals surface area contributed by atoms with Crippen LogP contribution in [0.1, 0.15) is 31.2 Å². The molecule has 19 heavy (non-hydrogen) atoms. The monoisotopic (exact) mass is 262 g/mol. The summed E-state index contributed by atoms with van der Waals surface area (Å²) in [5, 5.41) is 11.7. The number of benzene rings is 1. The lowest BCUT2D eigenvalue weighted by Gasteiger charge is -2.14. The molecule has 0 unspecified atom stereocenters. The summed E-state index contributed by atoms with van der Waals surface area (Å²) in [5.74, 6) is 0.367. The van der Waals surface area contributed by atoms with E-state index in [1.807, 2.05) is 24.3 Å². The van der Waals surface area contributed by atoms with Crippen LogP contribution < -0.4 is 11.1 Å². The average Bonchev–Trinajstić information content (AvgIpc) is 2.78. The second-order valence-electron chi connectivity index (χ2n) is 5.28. The topological polar surface area (TPSA) is 75.4 Å². The lowest BCUT2D eigenvalue weighted by molar-refractivity contribution is -0.117. The van der Waals surface area contributed by atoms with Crippen molar-refractivity contribution in [3.05, 3.63) is 29.8 Å². The van der Waals surface area contributed by atoms with Crippen molar-refractivity contribution in [1.82, 2.24) is 0 Å². The third kappa shape index (κ3) is 4.04. The maximum atomic E-state index is 11.9. The zero-order valence-corrected chi connectivity index (χ0v) is 11.1. The number of rotatable bonds is 5. The molecule has 1 saturated carbocycles. The highest BCUT2D eigenvalue weighted by Crippen LogP contribution is 2.27. The van der Waals surface area contributed by atoms with E-state index < -0.39 is 0 Å². The molecule has 4 heteroatoms. The second-order valence-corrected chi connectivity index (χ2v) is 5.28. The first-order valence-corrected chi connectivity index (χ1v) is 6.94. The molecule has 1 amide bonds. The zero-order chi connectivity index (χ0) is 13.7. The Hall–Kier alpha value is -1.39. The Morgan fingerprint density at radius 1 is 1.32 bits per heavy atom. The van der Waals surface area contributed by atoms with Gasteiger partial charge >= 0.3 is 0 Å². The largest absolute Gasteiger partial charge is 0.396 e. The Bertz CT molecular complexity index is 417. The average molecular weight is 262 g/mol. The van der Waals surface area contributed by atoms with E-state index >= 15 is 0 Å². The predicted molar refractivity (Wildman–Crippen MR) is 75.8 cm³/mol. The van der Waals surface area contributed by atoms with Gasteiger partial charge in [0, 0.05) is 24.8 Å². The fourth-order valence-corrected chi connectivity index (χ4v) is 2.65. The number of amides is 1. The Kier molecular flexibility index (Phi) is 4.93. The minimum Gasteiger partial charge on any atom is -0.396 e. The molecular weight excluding hydrogens is 240 g/mol. The smallest absolute Gasteiger partial charge is 0.224 e. The number of nitrogens with two attached hydrogens (primary N) is 1. The lowest BCUT2D eigenvalue weighted by Crippen LogP contribution is -2.28. The van der Waals surface area contributed by atoms with E-state index in [2.05, 4.69) is 5.32 Å². The molecule has 1 aromatic rings. The fraction of sp³-hybridized carbons (Fsp3) is 0.533. The summed E-state index contributed by atoms with van der Waals surface area (Å²) in [5.41, 5.74) is 7.84. The number of hydrogen-bond acceptors (Lipinski definition) is 3. The third-order valence-corrected chi connectivity index (χ3v) is 3.80. The number of aliphatic hydroxyl groups excluding tert-OH is 1. The minimum absolute atomic E-state index is 0.0391. The number of anilines is 1. The van der Waals surface area contributed by atoms with Crippen molar-refractivity contribution in [1.29, 1.82) is 0 Å². The van der Waals surface area contributed by atoms with Gasteiger partial charge < -0.3 is 16.2 Å². The predicted octanol–water partition coefficient (Wildman–Crippen LogP) is 1.68. The SMILES string of the molecule is N[C@@H]1CCC[C@H]1CC(=O)Nc1ccc(CCO)cc1. The first kappa shape index (κ1) is 14.0. The molecule has 1 fully saturated rings. The van der Waals surface area contributed by atoms with Crippen LogP contribution in [0.25, 0.3) is 0 Å². The maximum Gasteiger partial charge on any atom is 0.224 e. The van der Waals surface area contributed by atoms with Crippen LogP contribution in [0, 0.1) is 5.92 Å². The third-order valence-electron chi connectivity index (χ3n) is 3.80. The highest BCUT2D eigenvalue weighted by Gasteiger charge is 2.25. The molecule has 0 aromatic heterocycles. The molecule has 1 aromatic carbocycles. The van der Waals surface area contributed by atoms with Crippen molar-refractivity contribution in [2.75, 3.05) is 11.9 Å². The molecule has 4 nitrogen and oxygen atoms in total. The molecular formula is C15H22N2O2. The van der Waals surface area contributed by atoms with Crippen molar-refractivity contribution in [3.8, 4) is 0 Å². The van der Waals surface area contributed by atoms with Crippen molar-refractivity contribution in [2.45, 2.75) is 38.1 Å². The van der Waals surface area contributed by atoms with Crippen molar-refractivity contribution in [3.63, 3.8) is 0 Å². The second kappa shape index (κ2) is 6.68. The number of carbonyl (C=O) groups excluding carboxylic acids is 1. The molecule has 0 saturated heterocycles. The molecule has 1 aliphatic carbocycles. The van der Waals surface area contributed by atoms with Gasteiger partial charge in [-0.05, 0) is 42.9 Å². The van der Waals surface area contributed by atoms with Crippen LogP contribution >= 0.6 is 0 Å². The van der Waals surface area contributed by atoms with E-state index in [1.165, 1.54) is 0 Å². The highest BCUT2D eigenvalue weighted by atomic mass is 16.2. The summed E-state index contributed by atoms with van der Waals surface area (Å²) in [7, 11) is 0. The molecule has 0 aliphatic heterocycles. The molecule has 2 atom stereocenters. The zero-order valence-electron chi connectivity index (χ0n) is 11.1. The summed E-state index contributed by atoms with van der Waals surface area (Å²) in [6.45, 7) is 0.144. The minimum atomic E-state index is 0.0391. The number of nitrogens with one attached hydrogen (secondary N) is 1. The van der Waals surface area contributed by atoms with Gasteiger partial charge in [0.15, 0.2) is 0 Å². The van der Waals surface area contributed by atoms with Crippen LogP contribution in [0.5, 0.6) is 0 Å². The fourth-order valence-electron chi connectivity index (χ4n) is 2.65.